The van der Waals surface area contributed by atoms with E-state index in [4.69, 9.17) is 4.74 Å². The number of nitrogens with one attached hydrogen (secondary N) is 2. The number of carbonyl (C=O) groups excluding carboxylic acids is 3. The number of benzene rings is 4. The monoisotopic (exact) mass is 660 g/mol. The zero-order valence-electron chi connectivity index (χ0n) is 30.4. The molecule has 49 heavy (non-hydrogen) atoms. The summed E-state index contributed by atoms with van der Waals surface area (Å²) in [5, 5.41) is 6.27. The Morgan fingerprint density at radius 3 is 1.84 bits per heavy atom. The van der Waals surface area contributed by atoms with Crippen molar-refractivity contribution in [3.8, 4) is 22.3 Å². The van der Waals surface area contributed by atoms with E-state index in [0.29, 0.717) is 43.3 Å². The Morgan fingerprint density at radius 1 is 0.653 bits per heavy atom. The van der Waals surface area contributed by atoms with Crippen LogP contribution in [0.4, 0.5) is 0 Å². The fourth-order valence-electron chi connectivity index (χ4n) is 5.97. The first-order valence-corrected chi connectivity index (χ1v) is 17.3. The quantitative estimate of drug-likeness (QED) is 0.133. The first kappa shape index (κ1) is 37.1. The Kier molecular flexibility index (Phi) is 12.2. The summed E-state index contributed by atoms with van der Waals surface area (Å²) in [7, 11) is 1.38. The number of esters is 1. The normalized spacial score (nSPS) is 12.8. The van der Waals surface area contributed by atoms with Crippen LogP contribution in [0.3, 0.4) is 0 Å². The molecule has 6 nitrogen and oxygen atoms in total. The molecule has 0 aliphatic carbocycles. The van der Waals surface area contributed by atoms with Crippen molar-refractivity contribution < 1.29 is 19.1 Å². The third-order valence-corrected chi connectivity index (χ3v) is 9.38. The Labute approximate surface area is 292 Å². The molecule has 0 heterocycles. The van der Waals surface area contributed by atoms with Crippen LogP contribution in [0.5, 0.6) is 0 Å². The van der Waals surface area contributed by atoms with E-state index in [1.807, 2.05) is 87.5 Å². The van der Waals surface area contributed by atoms with Gasteiger partial charge in [0.05, 0.1) is 23.5 Å². The van der Waals surface area contributed by atoms with Gasteiger partial charge in [-0.3, -0.25) is 9.59 Å². The van der Waals surface area contributed by atoms with Crippen LogP contribution in [0, 0.1) is 11.8 Å². The zero-order chi connectivity index (χ0) is 35.8. The third kappa shape index (κ3) is 9.05. The van der Waals surface area contributed by atoms with E-state index in [-0.39, 0.29) is 17.8 Å². The van der Waals surface area contributed by atoms with E-state index in [1.54, 1.807) is 6.07 Å². The van der Waals surface area contributed by atoms with Gasteiger partial charge in [0, 0.05) is 13.1 Å². The van der Waals surface area contributed by atoms with E-state index < -0.39 is 10.8 Å². The van der Waals surface area contributed by atoms with E-state index in [0.717, 1.165) is 38.9 Å². The van der Waals surface area contributed by atoms with Crippen LogP contribution < -0.4 is 10.6 Å². The van der Waals surface area contributed by atoms with Gasteiger partial charge in [-0.2, -0.15) is 0 Å². The largest absolute Gasteiger partial charge is 0.465 e. The van der Waals surface area contributed by atoms with Crippen molar-refractivity contribution in [3.63, 3.8) is 0 Å². The molecule has 2 amide bonds. The highest BCUT2D eigenvalue weighted by Gasteiger charge is 2.35. The second-order valence-electron chi connectivity index (χ2n) is 14.5. The molecule has 6 heteroatoms. The number of aryl methyl sites for hydroxylation is 1. The Morgan fingerprint density at radius 2 is 1.22 bits per heavy atom. The van der Waals surface area contributed by atoms with Gasteiger partial charge in [0.25, 0.3) is 0 Å². The number of hydrogen-bond acceptors (Lipinski definition) is 4. The lowest BCUT2D eigenvalue weighted by Crippen LogP contribution is -2.44. The average molecular weight is 661 g/mol. The van der Waals surface area contributed by atoms with Crippen LogP contribution >= 0.6 is 0 Å². The summed E-state index contributed by atoms with van der Waals surface area (Å²) in [5.74, 6) is 0.358. The molecule has 0 aliphatic heterocycles. The van der Waals surface area contributed by atoms with Gasteiger partial charge in [0.1, 0.15) is 0 Å². The van der Waals surface area contributed by atoms with Crippen LogP contribution in [0.25, 0.3) is 22.3 Å². The lowest BCUT2D eigenvalue weighted by Gasteiger charge is -2.30. The lowest BCUT2D eigenvalue weighted by atomic mass is 9.75. The van der Waals surface area contributed by atoms with Gasteiger partial charge >= 0.3 is 5.97 Å². The number of amides is 2. The number of carbonyl (C=O) groups is 3. The summed E-state index contributed by atoms with van der Waals surface area (Å²) in [4.78, 5) is 39.0. The highest BCUT2D eigenvalue weighted by Crippen LogP contribution is 2.35. The first-order chi connectivity index (χ1) is 23.3. The van der Waals surface area contributed by atoms with Crippen molar-refractivity contribution in [2.45, 2.75) is 72.1 Å². The van der Waals surface area contributed by atoms with Gasteiger partial charge in [0.15, 0.2) is 0 Å². The average Bonchev–Trinajstić information content (AvgIpc) is 3.11. The predicted octanol–water partition coefficient (Wildman–Crippen LogP) is 8.52. The number of methoxy groups -OCH3 is 1. The SMILES string of the molecule is COC(=O)c1cccc(-c2ccc(C(C)(CCc3ccccc3-c3ccc(C(C)(C)C(=O)NCC(C)C)cc3)C(=O)NCC(C)C)cc2)c1. The van der Waals surface area contributed by atoms with Crippen LogP contribution in [0.2, 0.25) is 0 Å². The maximum absolute atomic E-state index is 13.9. The summed E-state index contributed by atoms with van der Waals surface area (Å²) in [5.41, 5.74) is 6.14. The summed E-state index contributed by atoms with van der Waals surface area (Å²) in [6.45, 7) is 15.6. The van der Waals surface area contributed by atoms with E-state index in [9.17, 15) is 14.4 Å². The van der Waals surface area contributed by atoms with Gasteiger partial charge in [-0.05, 0) is 96.5 Å². The lowest BCUT2D eigenvalue weighted by molar-refractivity contribution is -0.127. The minimum atomic E-state index is -0.786. The molecule has 0 aliphatic rings. The molecule has 0 saturated carbocycles. The third-order valence-electron chi connectivity index (χ3n) is 9.38. The van der Waals surface area contributed by atoms with Gasteiger partial charge in [-0.1, -0.05) is 113 Å². The van der Waals surface area contributed by atoms with Crippen molar-refractivity contribution >= 4 is 17.8 Å². The van der Waals surface area contributed by atoms with Gasteiger partial charge in [-0.15, -0.1) is 0 Å². The molecule has 0 spiro atoms. The van der Waals surface area contributed by atoms with Gasteiger partial charge in [0.2, 0.25) is 11.8 Å². The Hall–Kier alpha value is -4.71. The maximum Gasteiger partial charge on any atom is 0.337 e. The summed E-state index contributed by atoms with van der Waals surface area (Å²) >= 11 is 0. The minimum absolute atomic E-state index is 0.00134. The van der Waals surface area contributed by atoms with E-state index >= 15 is 0 Å². The molecule has 0 fully saturated rings. The Balaban J connectivity index is 1.60. The molecule has 0 aromatic heterocycles. The number of hydrogen-bond donors (Lipinski definition) is 2. The predicted molar refractivity (Wildman–Crippen MR) is 199 cm³/mol. The molecule has 2 N–H and O–H groups in total. The first-order valence-electron chi connectivity index (χ1n) is 17.3. The smallest absolute Gasteiger partial charge is 0.337 e. The molecule has 4 rings (SSSR count). The van der Waals surface area contributed by atoms with Crippen LogP contribution in [-0.2, 0) is 31.6 Å². The summed E-state index contributed by atoms with van der Waals surface area (Å²) < 4.78 is 4.90. The molecule has 1 atom stereocenters. The fourth-order valence-corrected chi connectivity index (χ4v) is 5.97. The second-order valence-corrected chi connectivity index (χ2v) is 14.5. The van der Waals surface area contributed by atoms with Crippen molar-refractivity contribution in [2.24, 2.45) is 11.8 Å². The number of rotatable bonds is 14. The molecule has 0 radical (unpaired) electrons. The van der Waals surface area contributed by atoms with Crippen molar-refractivity contribution in [3.05, 3.63) is 119 Å². The molecule has 0 saturated heterocycles. The summed E-state index contributed by atoms with van der Waals surface area (Å²) in [6.07, 6.45) is 1.29. The molecular weight excluding hydrogens is 608 g/mol. The van der Waals surface area contributed by atoms with Crippen LogP contribution in [0.15, 0.2) is 97.1 Å². The van der Waals surface area contributed by atoms with Gasteiger partial charge in [-0.25, -0.2) is 4.79 Å². The van der Waals surface area contributed by atoms with Crippen molar-refractivity contribution in [1.29, 1.82) is 0 Å². The van der Waals surface area contributed by atoms with Crippen LogP contribution in [-0.4, -0.2) is 38.0 Å². The highest BCUT2D eigenvalue weighted by atomic mass is 16.5. The standard InChI is InChI=1S/C43H52N2O4/c1-29(2)27-44-40(47)42(5,6)36-20-18-33(19-21-36)38-15-10-9-12-32(38)24-25-43(7,41(48)45-28-30(3)4)37-22-16-31(17-23-37)34-13-11-14-35(26-34)39(46)49-8/h9-23,26,29-30H,24-25,27-28H2,1-8H3,(H,44,47)(H,45,48). The second kappa shape index (κ2) is 16.1. The van der Waals surface area contributed by atoms with Crippen molar-refractivity contribution in [2.75, 3.05) is 20.2 Å². The van der Waals surface area contributed by atoms with Gasteiger partial charge < -0.3 is 15.4 Å². The summed E-state index contributed by atoms with van der Waals surface area (Å²) in [6, 6.07) is 32.1. The minimum Gasteiger partial charge on any atom is -0.465 e. The van der Waals surface area contributed by atoms with Crippen LogP contribution in [0.1, 0.15) is 81.9 Å². The Bertz CT molecular complexity index is 1740. The topological polar surface area (TPSA) is 84.5 Å². The highest BCUT2D eigenvalue weighted by molar-refractivity contribution is 5.91. The maximum atomic E-state index is 13.9. The molecule has 4 aromatic rings. The molecule has 0 bridgehead atoms. The zero-order valence-corrected chi connectivity index (χ0v) is 30.4. The molecule has 1 unspecified atom stereocenters. The molecular formula is C43H52N2O4. The van der Waals surface area contributed by atoms with E-state index in [1.165, 1.54) is 7.11 Å². The molecule has 258 valence electrons. The fraction of sp³-hybridized carbons (Fsp3) is 0.372. The number of ether oxygens (including phenoxy) is 1. The van der Waals surface area contributed by atoms with Crippen molar-refractivity contribution in [1.82, 2.24) is 10.6 Å². The molecule has 4 aromatic carbocycles. The van der Waals surface area contributed by atoms with E-state index in [2.05, 4.69) is 62.6 Å².